The predicted octanol–water partition coefficient (Wildman–Crippen LogP) is 12.4. The maximum absolute atomic E-state index is 15.2. The largest absolute Gasteiger partial charge is 0.310 e. The van der Waals surface area contributed by atoms with Crippen LogP contribution >= 0.6 is 0 Å². The molecule has 2 aliphatic heterocycles. The number of fused-ring (bicyclic) bond motifs is 12. The van der Waals surface area contributed by atoms with Crippen LogP contribution in [-0.4, -0.2) is 4.21 Å². The first-order valence-electron chi connectivity index (χ1n) is 18.0. The molecule has 4 heteroatoms. The van der Waals surface area contributed by atoms with Crippen LogP contribution in [0.25, 0.3) is 22.3 Å². The summed E-state index contributed by atoms with van der Waals surface area (Å²) in [6.45, 7) is 0. The summed E-state index contributed by atoms with van der Waals surface area (Å²) >= 11 is 0. The fourth-order valence-electron chi connectivity index (χ4n) is 9.12. The molecule has 0 saturated heterocycles. The molecule has 1 atom stereocenters. The van der Waals surface area contributed by atoms with Crippen LogP contribution in [0.5, 0.6) is 0 Å². The van der Waals surface area contributed by atoms with Crippen molar-refractivity contribution in [2.45, 2.75) is 15.2 Å². The first-order chi connectivity index (χ1) is 26.2. The number of hydrogen-bond acceptors (Lipinski definition) is 3. The summed E-state index contributed by atoms with van der Waals surface area (Å²) in [6.07, 6.45) is 0. The van der Waals surface area contributed by atoms with Crippen molar-refractivity contribution in [3.63, 3.8) is 0 Å². The van der Waals surface area contributed by atoms with Gasteiger partial charge in [-0.1, -0.05) is 140 Å². The Morgan fingerprint density at radius 2 is 0.887 bits per heavy atom. The molecule has 0 fully saturated rings. The Labute approximate surface area is 311 Å². The van der Waals surface area contributed by atoms with Crippen LogP contribution in [0.1, 0.15) is 22.3 Å². The summed E-state index contributed by atoms with van der Waals surface area (Å²) in [4.78, 5) is 6.37. The molecule has 11 rings (SSSR count). The molecule has 0 saturated carbocycles. The lowest BCUT2D eigenvalue weighted by Crippen LogP contribution is -2.36. The van der Waals surface area contributed by atoms with Gasteiger partial charge in [-0.15, -0.1) is 0 Å². The van der Waals surface area contributed by atoms with Gasteiger partial charge >= 0.3 is 0 Å². The first-order valence-corrected chi connectivity index (χ1v) is 19.2. The standard InChI is InChI=1S/C49H32N2OS/c52-53-46-26-14-13-25-44(46)51(36-29-27-34(28-30-36)33-15-3-1-4-16-33)45-32-31-41-47(48(45)53)37-19-7-8-20-38(37)49(41)39-21-9-11-23-42(39)50(35-17-5-2-6-18-35)43-24-12-10-22-40(43)49/h1-32H. The second-order valence-electron chi connectivity index (χ2n) is 13.8. The first kappa shape index (κ1) is 30.2. The summed E-state index contributed by atoms with van der Waals surface area (Å²) in [6, 6.07) is 69.0. The summed E-state index contributed by atoms with van der Waals surface area (Å²) < 4.78 is 15.2. The fourth-order valence-corrected chi connectivity index (χ4v) is 10.6. The topological polar surface area (TPSA) is 23.6 Å². The van der Waals surface area contributed by atoms with Crippen LogP contribution in [0.2, 0.25) is 0 Å². The second-order valence-corrected chi connectivity index (χ2v) is 15.2. The Morgan fingerprint density at radius 3 is 1.58 bits per heavy atom. The van der Waals surface area contributed by atoms with Gasteiger partial charge in [0, 0.05) is 16.9 Å². The molecular formula is C49H32N2OS. The summed E-state index contributed by atoms with van der Waals surface area (Å²) in [5, 5.41) is 0. The van der Waals surface area contributed by atoms with E-state index in [2.05, 4.69) is 180 Å². The van der Waals surface area contributed by atoms with Gasteiger partial charge in [0.25, 0.3) is 0 Å². The van der Waals surface area contributed by atoms with Gasteiger partial charge in [0.15, 0.2) is 0 Å². The van der Waals surface area contributed by atoms with Crippen LogP contribution in [0.15, 0.2) is 204 Å². The number of nitrogens with zero attached hydrogens (tertiary/aromatic N) is 2. The van der Waals surface area contributed by atoms with Gasteiger partial charge in [0.2, 0.25) is 0 Å². The van der Waals surface area contributed by atoms with E-state index in [0.717, 1.165) is 66.2 Å². The van der Waals surface area contributed by atoms with Gasteiger partial charge in [-0.2, -0.15) is 0 Å². The number of rotatable bonds is 3. The third kappa shape index (κ3) is 4.13. The molecule has 0 amide bonds. The average molecular weight is 697 g/mol. The highest BCUT2D eigenvalue weighted by molar-refractivity contribution is 7.85. The Balaban J connectivity index is 1.19. The third-order valence-electron chi connectivity index (χ3n) is 11.2. The van der Waals surface area contributed by atoms with Crippen LogP contribution in [-0.2, 0) is 16.2 Å². The number of benzene rings is 8. The average Bonchev–Trinajstić information content (AvgIpc) is 3.53. The Kier molecular flexibility index (Phi) is 6.55. The van der Waals surface area contributed by atoms with E-state index in [1.54, 1.807) is 0 Å². The van der Waals surface area contributed by atoms with Crippen molar-refractivity contribution >= 4 is 44.9 Å². The number of hydrogen-bond donors (Lipinski definition) is 0. The molecule has 0 aromatic heterocycles. The van der Waals surface area contributed by atoms with Gasteiger partial charge in [0.1, 0.15) is 0 Å². The lowest BCUT2D eigenvalue weighted by molar-refractivity contribution is 0.682. The Bertz CT molecular complexity index is 2710. The predicted molar refractivity (Wildman–Crippen MR) is 217 cm³/mol. The highest BCUT2D eigenvalue weighted by Crippen LogP contribution is 2.65. The maximum atomic E-state index is 15.2. The lowest BCUT2D eigenvalue weighted by atomic mass is 9.64. The highest BCUT2D eigenvalue weighted by atomic mass is 32.2. The molecule has 1 unspecified atom stereocenters. The van der Waals surface area contributed by atoms with E-state index in [1.165, 1.54) is 22.3 Å². The smallest absolute Gasteiger partial charge is 0.0898 e. The Morgan fingerprint density at radius 1 is 0.377 bits per heavy atom. The number of anilines is 6. The fraction of sp³-hybridized carbons (Fsp3) is 0.0204. The van der Waals surface area contributed by atoms with Gasteiger partial charge in [-0.05, 0) is 93.5 Å². The van der Waals surface area contributed by atoms with Crippen LogP contribution in [0.3, 0.4) is 0 Å². The minimum Gasteiger partial charge on any atom is -0.310 e. The van der Waals surface area contributed by atoms with Crippen LogP contribution in [0, 0.1) is 0 Å². The molecule has 8 aromatic rings. The molecule has 0 bridgehead atoms. The zero-order valence-electron chi connectivity index (χ0n) is 28.7. The van der Waals surface area contributed by atoms with Crippen molar-refractivity contribution in [1.82, 2.24) is 0 Å². The van der Waals surface area contributed by atoms with Gasteiger partial charge in [0.05, 0.1) is 48.8 Å². The van der Waals surface area contributed by atoms with Crippen molar-refractivity contribution in [3.05, 3.63) is 216 Å². The van der Waals surface area contributed by atoms with E-state index in [1.807, 2.05) is 24.3 Å². The van der Waals surface area contributed by atoms with E-state index in [-0.39, 0.29) is 0 Å². The third-order valence-corrected chi connectivity index (χ3v) is 12.7. The van der Waals surface area contributed by atoms with Crippen molar-refractivity contribution < 1.29 is 4.21 Å². The molecule has 8 aromatic carbocycles. The lowest BCUT2D eigenvalue weighted by Gasteiger charge is -2.45. The highest BCUT2D eigenvalue weighted by Gasteiger charge is 2.53. The number of para-hydroxylation sites is 4. The molecule has 1 spiro atoms. The molecular weight excluding hydrogens is 665 g/mol. The van der Waals surface area contributed by atoms with Crippen molar-refractivity contribution in [3.8, 4) is 22.3 Å². The second kappa shape index (κ2) is 11.5. The summed E-state index contributed by atoms with van der Waals surface area (Å²) in [5.74, 6) is 0. The summed E-state index contributed by atoms with van der Waals surface area (Å²) in [7, 11) is -1.43. The molecule has 2 heterocycles. The zero-order chi connectivity index (χ0) is 35.1. The molecule has 0 radical (unpaired) electrons. The van der Waals surface area contributed by atoms with Gasteiger partial charge < -0.3 is 9.80 Å². The van der Waals surface area contributed by atoms with Crippen molar-refractivity contribution in [1.29, 1.82) is 0 Å². The quantitative estimate of drug-likeness (QED) is 0.184. The molecule has 250 valence electrons. The monoisotopic (exact) mass is 696 g/mol. The van der Waals surface area contributed by atoms with E-state index >= 15 is 4.21 Å². The molecule has 3 nitrogen and oxygen atoms in total. The Hall–Kier alpha value is -6.49. The minimum absolute atomic E-state index is 0.622. The molecule has 3 aliphatic rings. The van der Waals surface area contributed by atoms with Crippen LogP contribution < -0.4 is 9.80 Å². The summed E-state index contributed by atoms with van der Waals surface area (Å²) in [5.41, 5.74) is 15.0. The molecule has 53 heavy (non-hydrogen) atoms. The van der Waals surface area contributed by atoms with Crippen molar-refractivity contribution in [2.75, 3.05) is 9.80 Å². The molecule has 1 aliphatic carbocycles. The minimum atomic E-state index is -1.43. The maximum Gasteiger partial charge on any atom is 0.0898 e. The van der Waals surface area contributed by atoms with E-state index < -0.39 is 16.2 Å². The van der Waals surface area contributed by atoms with E-state index in [0.29, 0.717) is 0 Å². The van der Waals surface area contributed by atoms with E-state index in [9.17, 15) is 0 Å². The molecule has 0 N–H and O–H groups in total. The normalized spacial score (nSPS) is 15.5. The van der Waals surface area contributed by atoms with E-state index in [4.69, 9.17) is 0 Å². The van der Waals surface area contributed by atoms with Gasteiger partial charge in [-0.3, -0.25) is 0 Å². The van der Waals surface area contributed by atoms with Gasteiger partial charge in [-0.25, -0.2) is 4.21 Å². The SMILES string of the molecule is O=S1c2ccccc2N(c2ccc(-c3ccccc3)cc2)c2ccc3c(c21)-c1ccccc1C31c2ccccc2N(c2ccccc2)c2ccccc21. The van der Waals surface area contributed by atoms with Crippen molar-refractivity contribution in [2.24, 2.45) is 0 Å². The van der Waals surface area contributed by atoms with Crippen LogP contribution in [0.4, 0.5) is 34.1 Å². The zero-order valence-corrected chi connectivity index (χ0v) is 29.5.